The van der Waals surface area contributed by atoms with Gasteiger partial charge in [-0.05, 0) is 36.6 Å². The standard InChI is InChI=1S/C14H16N2O2S/c1-3-12-7-4-6-11(2)14(12)16-19(17,18)13-8-5-9-15-10-13/h4-10,16H,3H2,1-2H3. The van der Waals surface area contributed by atoms with Gasteiger partial charge in [-0.2, -0.15) is 0 Å². The van der Waals surface area contributed by atoms with Crippen LogP contribution in [-0.4, -0.2) is 13.4 Å². The van der Waals surface area contributed by atoms with Crippen molar-refractivity contribution in [3.8, 4) is 0 Å². The predicted octanol–water partition coefficient (Wildman–Crippen LogP) is 2.75. The highest BCUT2D eigenvalue weighted by molar-refractivity contribution is 7.92. The van der Waals surface area contributed by atoms with Gasteiger partial charge in [-0.15, -0.1) is 0 Å². The molecule has 0 aliphatic rings. The second-order valence-electron chi connectivity index (χ2n) is 4.26. The summed E-state index contributed by atoms with van der Waals surface area (Å²) in [5, 5.41) is 0. The summed E-state index contributed by atoms with van der Waals surface area (Å²) in [5.41, 5.74) is 2.55. The normalized spacial score (nSPS) is 11.3. The van der Waals surface area contributed by atoms with Crippen LogP contribution in [0.2, 0.25) is 0 Å². The number of nitrogens with one attached hydrogen (secondary N) is 1. The van der Waals surface area contributed by atoms with Crippen LogP contribution in [0.3, 0.4) is 0 Å². The van der Waals surface area contributed by atoms with E-state index >= 15 is 0 Å². The molecule has 1 N–H and O–H groups in total. The number of benzene rings is 1. The van der Waals surface area contributed by atoms with E-state index in [0.717, 1.165) is 17.5 Å². The van der Waals surface area contributed by atoms with Crippen molar-refractivity contribution in [2.75, 3.05) is 4.72 Å². The molecule has 2 aromatic rings. The van der Waals surface area contributed by atoms with Crippen LogP contribution in [0, 0.1) is 6.92 Å². The highest BCUT2D eigenvalue weighted by Gasteiger charge is 2.16. The van der Waals surface area contributed by atoms with Gasteiger partial charge in [0, 0.05) is 12.4 Å². The van der Waals surface area contributed by atoms with Gasteiger partial charge < -0.3 is 0 Å². The van der Waals surface area contributed by atoms with E-state index in [4.69, 9.17) is 0 Å². The average Bonchev–Trinajstić information content (AvgIpc) is 2.42. The largest absolute Gasteiger partial charge is 0.279 e. The first kappa shape index (κ1) is 13.5. The molecule has 0 radical (unpaired) electrons. The fourth-order valence-electron chi connectivity index (χ4n) is 1.87. The predicted molar refractivity (Wildman–Crippen MR) is 75.6 cm³/mol. The number of hydrogen-bond donors (Lipinski definition) is 1. The molecule has 1 aromatic heterocycles. The van der Waals surface area contributed by atoms with Gasteiger partial charge in [0.1, 0.15) is 4.90 Å². The Balaban J connectivity index is 2.42. The van der Waals surface area contributed by atoms with Gasteiger partial charge in [0.25, 0.3) is 10.0 Å². The number of pyridine rings is 1. The smallest absolute Gasteiger partial charge is 0.263 e. The number of aryl methyl sites for hydroxylation is 2. The van der Waals surface area contributed by atoms with Crippen LogP contribution in [0.5, 0.6) is 0 Å². The lowest BCUT2D eigenvalue weighted by Crippen LogP contribution is -2.15. The zero-order valence-corrected chi connectivity index (χ0v) is 11.7. The zero-order valence-electron chi connectivity index (χ0n) is 10.9. The maximum atomic E-state index is 12.3. The van der Waals surface area contributed by atoms with Crippen LogP contribution in [0.4, 0.5) is 5.69 Å². The number of para-hydroxylation sites is 1. The summed E-state index contributed by atoms with van der Waals surface area (Å²) in [7, 11) is -3.58. The Morgan fingerprint density at radius 1 is 1.21 bits per heavy atom. The Morgan fingerprint density at radius 2 is 2.00 bits per heavy atom. The van der Waals surface area contributed by atoms with E-state index in [1.165, 1.54) is 12.3 Å². The molecule has 1 aromatic carbocycles. The van der Waals surface area contributed by atoms with Crippen molar-refractivity contribution in [2.24, 2.45) is 0 Å². The van der Waals surface area contributed by atoms with Crippen molar-refractivity contribution in [1.29, 1.82) is 0 Å². The van der Waals surface area contributed by atoms with Gasteiger partial charge in [0.15, 0.2) is 0 Å². The summed E-state index contributed by atoms with van der Waals surface area (Å²) in [6.45, 7) is 3.89. The molecule has 0 bridgehead atoms. The van der Waals surface area contributed by atoms with Gasteiger partial charge in [-0.1, -0.05) is 25.1 Å². The Hall–Kier alpha value is -1.88. The molecule has 1 heterocycles. The van der Waals surface area contributed by atoms with Crippen LogP contribution in [-0.2, 0) is 16.4 Å². The molecule has 0 fully saturated rings. The molecule has 0 aliphatic carbocycles. The van der Waals surface area contributed by atoms with E-state index in [2.05, 4.69) is 9.71 Å². The number of anilines is 1. The fraction of sp³-hybridized carbons (Fsp3) is 0.214. The maximum absolute atomic E-state index is 12.3. The molecule has 0 saturated heterocycles. The Bertz CT molecular complexity index is 667. The Labute approximate surface area is 113 Å². The van der Waals surface area contributed by atoms with Crippen molar-refractivity contribution < 1.29 is 8.42 Å². The zero-order chi connectivity index (χ0) is 13.9. The minimum Gasteiger partial charge on any atom is -0.279 e. The van der Waals surface area contributed by atoms with E-state index in [9.17, 15) is 8.42 Å². The third-order valence-corrected chi connectivity index (χ3v) is 4.26. The summed E-state index contributed by atoms with van der Waals surface area (Å²) in [4.78, 5) is 4.01. The Morgan fingerprint density at radius 3 is 2.63 bits per heavy atom. The summed E-state index contributed by atoms with van der Waals surface area (Å²) < 4.78 is 27.2. The van der Waals surface area contributed by atoms with Gasteiger partial charge >= 0.3 is 0 Å². The first-order valence-electron chi connectivity index (χ1n) is 6.06. The molecule has 100 valence electrons. The first-order valence-corrected chi connectivity index (χ1v) is 7.54. The fourth-order valence-corrected chi connectivity index (χ4v) is 3.00. The second kappa shape index (κ2) is 5.40. The molecule has 0 amide bonds. The highest BCUT2D eigenvalue weighted by Crippen LogP contribution is 2.24. The molecule has 0 atom stereocenters. The second-order valence-corrected chi connectivity index (χ2v) is 5.94. The summed E-state index contributed by atoms with van der Waals surface area (Å²) in [5.74, 6) is 0. The SMILES string of the molecule is CCc1cccc(C)c1NS(=O)(=O)c1cccnc1. The minimum absolute atomic E-state index is 0.167. The Kier molecular flexibility index (Phi) is 3.85. The van der Waals surface area contributed by atoms with Crippen LogP contribution in [0.25, 0.3) is 0 Å². The topological polar surface area (TPSA) is 59.1 Å². The molecule has 0 spiro atoms. The number of nitrogens with zero attached hydrogens (tertiary/aromatic N) is 1. The minimum atomic E-state index is -3.58. The van der Waals surface area contributed by atoms with Crippen LogP contribution < -0.4 is 4.72 Å². The van der Waals surface area contributed by atoms with E-state index in [0.29, 0.717) is 5.69 Å². The van der Waals surface area contributed by atoms with E-state index in [-0.39, 0.29) is 4.90 Å². The number of rotatable bonds is 4. The lowest BCUT2D eigenvalue weighted by molar-refractivity contribution is 0.600. The maximum Gasteiger partial charge on any atom is 0.263 e. The average molecular weight is 276 g/mol. The molecular formula is C14H16N2O2S. The molecule has 4 nitrogen and oxygen atoms in total. The number of aromatic nitrogens is 1. The molecule has 0 aliphatic heterocycles. The first-order chi connectivity index (χ1) is 9.04. The van der Waals surface area contributed by atoms with Crippen molar-refractivity contribution in [2.45, 2.75) is 25.2 Å². The molecule has 2 rings (SSSR count). The lowest BCUT2D eigenvalue weighted by Gasteiger charge is -2.14. The van der Waals surface area contributed by atoms with Gasteiger partial charge in [0.2, 0.25) is 0 Å². The van der Waals surface area contributed by atoms with Crippen LogP contribution in [0.15, 0.2) is 47.6 Å². The van der Waals surface area contributed by atoms with E-state index in [1.807, 2.05) is 32.0 Å². The lowest BCUT2D eigenvalue weighted by atomic mass is 10.1. The molecule has 0 unspecified atom stereocenters. The number of hydrogen-bond acceptors (Lipinski definition) is 3. The molecule has 19 heavy (non-hydrogen) atoms. The summed E-state index contributed by atoms with van der Waals surface area (Å²) in [6.07, 6.45) is 3.66. The van der Waals surface area contributed by atoms with E-state index in [1.54, 1.807) is 12.3 Å². The van der Waals surface area contributed by atoms with Crippen molar-refractivity contribution in [1.82, 2.24) is 4.98 Å². The summed E-state index contributed by atoms with van der Waals surface area (Å²) in [6, 6.07) is 8.87. The number of sulfonamides is 1. The molecular weight excluding hydrogens is 260 g/mol. The molecule has 5 heteroatoms. The molecule has 0 saturated carbocycles. The van der Waals surface area contributed by atoms with Gasteiger partial charge in [0.05, 0.1) is 5.69 Å². The third-order valence-electron chi connectivity index (χ3n) is 2.92. The van der Waals surface area contributed by atoms with Crippen molar-refractivity contribution in [3.05, 3.63) is 53.9 Å². The van der Waals surface area contributed by atoms with Crippen molar-refractivity contribution in [3.63, 3.8) is 0 Å². The van der Waals surface area contributed by atoms with Crippen LogP contribution >= 0.6 is 0 Å². The van der Waals surface area contributed by atoms with Gasteiger partial charge in [-0.25, -0.2) is 8.42 Å². The van der Waals surface area contributed by atoms with Crippen LogP contribution in [0.1, 0.15) is 18.1 Å². The highest BCUT2D eigenvalue weighted by atomic mass is 32.2. The van der Waals surface area contributed by atoms with E-state index < -0.39 is 10.0 Å². The summed E-state index contributed by atoms with van der Waals surface area (Å²) >= 11 is 0. The third kappa shape index (κ3) is 2.93. The van der Waals surface area contributed by atoms with Crippen molar-refractivity contribution >= 4 is 15.7 Å². The monoisotopic (exact) mass is 276 g/mol. The quantitative estimate of drug-likeness (QED) is 0.934. The van der Waals surface area contributed by atoms with Gasteiger partial charge in [-0.3, -0.25) is 9.71 Å².